The van der Waals surface area contributed by atoms with E-state index in [0.29, 0.717) is 0 Å². The third-order valence-electron chi connectivity index (χ3n) is 4.40. The van der Waals surface area contributed by atoms with Crippen molar-refractivity contribution in [3.8, 4) is 11.1 Å². The number of unbranched alkanes of at least 4 members (excludes halogenated alkanes) is 7. The molecular formula is C22H31Na. The maximum absolute atomic E-state index is 2.30. The molecule has 0 amide bonds. The molecule has 0 fully saturated rings. The summed E-state index contributed by atoms with van der Waals surface area (Å²) in [6.07, 6.45) is 12.3. The van der Waals surface area contributed by atoms with Gasteiger partial charge in [-0.05, 0) is 29.5 Å². The molecule has 120 valence electrons. The van der Waals surface area contributed by atoms with E-state index in [4.69, 9.17) is 0 Å². The molecule has 0 aromatic heterocycles. The zero-order valence-corrected chi connectivity index (χ0v) is 17.1. The Labute approximate surface area is 166 Å². The summed E-state index contributed by atoms with van der Waals surface area (Å²) in [5.74, 6) is 0. The predicted octanol–water partition coefficient (Wildman–Crippen LogP) is 4.15. The molecule has 0 aliphatic carbocycles. The molecule has 2 rings (SSSR count). The van der Waals surface area contributed by atoms with E-state index in [-0.39, 0.29) is 31.0 Å². The van der Waals surface area contributed by atoms with Gasteiger partial charge in [0, 0.05) is 0 Å². The molecule has 0 aliphatic heterocycles. The largest absolute Gasteiger partial charge is 1.00 e. The van der Waals surface area contributed by atoms with E-state index in [0.717, 1.165) is 0 Å². The van der Waals surface area contributed by atoms with Crippen molar-refractivity contribution in [3.63, 3.8) is 0 Å². The van der Waals surface area contributed by atoms with Gasteiger partial charge >= 0.3 is 29.6 Å². The van der Waals surface area contributed by atoms with Gasteiger partial charge in [-0.1, -0.05) is 106 Å². The summed E-state index contributed by atoms with van der Waals surface area (Å²) in [7, 11) is 0. The predicted molar refractivity (Wildman–Crippen MR) is 99.3 cm³/mol. The van der Waals surface area contributed by atoms with Crippen LogP contribution in [-0.2, 0) is 6.42 Å². The van der Waals surface area contributed by atoms with Gasteiger partial charge in [0.05, 0.1) is 0 Å². The maximum atomic E-state index is 2.30. The summed E-state index contributed by atoms with van der Waals surface area (Å²) < 4.78 is 0. The Morgan fingerprint density at radius 3 is 1.91 bits per heavy atom. The molecule has 0 unspecified atom stereocenters. The van der Waals surface area contributed by atoms with Crippen LogP contribution in [-0.4, -0.2) is 0 Å². The van der Waals surface area contributed by atoms with Gasteiger partial charge in [0.25, 0.3) is 0 Å². The smallest absolute Gasteiger partial charge is 1.00 e. The first-order chi connectivity index (χ1) is 10.9. The molecule has 0 bridgehead atoms. The van der Waals surface area contributed by atoms with Crippen LogP contribution in [0.1, 0.15) is 65.3 Å². The second-order valence-corrected chi connectivity index (χ2v) is 6.25. The molecule has 23 heavy (non-hydrogen) atoms. The van der Waals surface area contributed by atoms with E-state index in [9.17, 15) is 0 Å². The van der Waals surface area contributed by atoms with Crippen LogP contribution >= 0.6 is 0 Å². The van der Waals surface area contributed by atoms with Crippen molar-refractivity contribution in [2.75, 3.05) is 0 Å². The van der Waals surface area contributed by atoms with Gasteiger partial charge in [0.1, 0.15) is 0 Å². The summed E-state index contributed by atoms with van der Waals surface area (Å²) in [4.78, 5) is 0. The van der Waals surface area contributed by atoms with Crippen LogP contribution < -0.4 is 29.6 Å². The normalized spacial score (nSPS) is 10.3. The molecular weight excluding hydrogens is 287 g/mol. The number of hydrogen-bond acceptors (Lipinski definition) is 0. The second-order valence-electron chi connectivity index (χ2n) is 6.25. The zero-order chi connectivity index (χ0) is 15.5. The first kappa shape index (κ1) is 20.5. The molecule has 1 heteroatoms. The van der Waals surface area contributed by atoms with Crippen molar-refractivity contribution in [2.45, 2.75) is 64.7 Å². The van der Waals surface area contributed by atoms with Gasteiger partial charge < -0.3 is 1.43 Å². The van der Waals surface area contributed by atoms with Crippen LogP contribution in [0.25, 0.3) is 11.1 Å². The van der Waals surface area contributed by atoms with E-state index in [1.165, 1.54) is 74.5 Å². The van der Waals surface area contributed by atoms with E-state index in [2.05, 4.69) is 61.5 Å². The fourth-order valence-corrected chi connectivity index (χ4v) is 3.09. The van der Waals surface area contributed by atoms with Crippen molar-refractivity contribution in [3.05, 3.63) is 60.2 Å². The molecule has 0 aliphatic rings. The SMILES string of the molecule is CCCCCCCCCCc1ccccc1-c1ccccc1.[H-].[Na+]. The molecule has 0 nitrogen and oxygen atoms in total. The van der Waals surface area contributed by atoms with Crippen LogP contribution in [0.4, 0.5) is 0 Å². The summed E-state index contributed by atoms with van der Waals surface area (Å²) in [6.45, 7) is 2.28. The Morgan fingerprint density at radius 2 is 1.22 bits per heavy atom. The third kappa shape index (κ3) is 7.70. The van der Waals surface area contributed by atoms with E-state index < -0.39 is 0 Å². The first-order valence-corrected chi connectivity index (χ1v) is 9.05. The minimum absolute atomic E-state index is 0. The Morgan fingerprint density at radius 1 is 0.652 bits per heavy atom. The molecule has 2 aromatic carbocycles. The Kier molecular flexibility index (Phi) is 11.4. The molecule has 2 aromatic rings. The Balaban J connectivity index is 0.00000264. The van der Waals surface area contributed by atoms with Crippen LogP contribution in [0.3, 0.4) is 0 Å². The number of aryl methyl sites for hydroxylation is 1. The molecule has 0 heterocycles. The van der Waals surface area contributed by atoms with Gasteiger partial charge in [-0.25, -0.2) is 0 Å². The molecule has 0 spiro atoms. The molecule has 0 N–H and O–H groups in total. The van der Waals surface area contributed by atoms with E-state index in [1.807, 2.05) is 0 Å². The van der Waals surface area contributed by atoms with Gasteiger partial charge in [0.2, 0.25) is 0 Å². The van der Waals surface area contributed by atoms with E-state index in [1.54, 1.807) is 0 Å². The van der Waals surface area contributed by atoms with Gasteiger partial charge in [-0.15, -0.1) is 0 Å². The Bertz CT molecular complexity index is 525. The summed E-state index contributed by atoms with van der Waals surface area (Å²) in [5.41, 5.74) is 4.25. The molecule has 0 saturated heterocycles. The average Bonchev–Trinajstić information content (AvgIpc) is 2.58. The fourth-order valence-electron chi connectivity index (χ4n) is 3.09. The first-order valence-electron chi connectivity index (χ1n) is 9.05. The van der Waals surface area contributed by atoms with E-state index >= 15 is 0 Å². The summed E-state index contributed by atoms with van der Waals surface area (Å²) >= 11 is 0. The minimum atomic E-state index is 0. The number of rotatable bonds is 10. The molecule has 0 radical (unpaired) electrons. The standard InChI is InChI=1S/C22H30.Na.H/c1-2-3-4-5-6-7-8-10-15-21-18-13-14-19-22(21)20-16-11-9-12-17-20;;/h9,11-14,16-19H,2-8,10,15H2,1H3;;/q;+1;-1. The number of hydrogen-bond donors (Lipinski definition) is 0. The van der Waals surface area contributed by atoms with Crippen LogP contribution in [0.2, 0.25) is 0 Å². The minimum Gasteiger partial charge on any atom is -1.00 e. The Hall–Kier alpha value is -0.560. The van der Waals surface area contributed by atoms with Gasteiger partial charge in [0.15, 0.2) is 0 Å². The van der Waals surface area contributed by atoms with Crippen molar-refractivity contribution in [1.82, 2.24) is 0 Å². The monoisotopic (exact) mass is 318 g/mol. The van der Waals surface area contributed by atoms with Gasteiger partial charge in [-0.2, -0.15) is 0 Å². The second kappa shape index (κ2) is 12.8. The van der Waals surface area contributed by atoms with Crippen LogP contribution in [0.5, 0.6) is 0 Å². The maximum Gasteiger partial charge on any atom is 1.00 e. The van der Waals surface area contributed by atoms with Crippen LogP contribution in [0.15, 0.2) is 54.6 Å². The average molecular weight is 318 g/mol. The summed E-state index contributed by atoms with van der Waals surface area (Å²) in [6, 6.07) is 19.7. The van der Waals surface area contributed by atoms with Crippen molar-refractivity contribution >= 4 is 0 Å². The van der Waals surface area contributed by atoms with Crippen LogP contribution in [0, 0.1) is 0 Å². The van der Waals surface area contributed by atoms with Crippen molar-refractivity contribution in [2.24, 2.45) is 0 Å². The topological polar surface area (TPSA) is 0 Å². The fraction of sp³-hybridized carbons (Fsp3) is 0.455. The quantitative estimate of drug-likeness (QED) is 0.456. The summed E-state index contributed by atoms with van der Waals surface area (Å²) in [5, 5.41) is 0. The third-order valence-corrected chi connectivity index (χ3v) is 4.40. The zero-order valence-electron chi connectivity index (χ0n) is 16.1. The van der Waals surface area contributed by atoms with Crippen molar-refractivity contribution in [1.29, 1.82) is 0 Å². The molecule has 0 saturated carbocycles. The van der Waals surface area contributed by atoms with Crippen molar-refractivity contribution < 1.29 is 31.0 Å². The number of benzene rings is 2. The van der Waals surface area contributed by atoms with Gasteiger partial charge in [-0.3, -0.25) is 0 Å². The molecule has 0 atom stereocenters.